The molecule has 106 valence electrons. The Bertz CT molecular complexity index is 422. The quantitative estimate of drug-likeness (QED) is 0.926. The van der Waals surface area contributed by atoms with Gasteiger partial charge in [-0.25, -0.2) is 0 Å². The van der Waals surface area contributed by atoms with Gasteiger partial charge in [0.15, 0.2) is 0 Å². The number of aryl methyl sites for hydroxylation is 1. The molecule has 2 N–H and O–H groups in total. The van der Waals surface area contributed by atoms with Gasteiger partial charge in [0.1, 0.15) is 0 Å². The maximum absolute atomic E-state index is 6.04. The molecule has 1 aromatic carbocycles. The van der Waals surface area contributed by atoms with Gasteiger partial charge in [-0.2, -0.15) is 0 Å². The molecule has 19 heavy (non-hydrogen) atoms. The molecule has 0 radical (unpaired) electrons. The average Bonchev–Trinajstić information content (AvgIpc) is 2.60. The van der Waals surface area contributed by atoms with Crippen molar-refractivity contribution in [3.63, 3.8) is 0 Å². The second-order valence-corrected chi connectivity index (χ2v) is 6.31. The molecule has 1 heterocycles. The number of nitrogens with two attached hydrogens (primary N) is 1. The first-order chi connectivity index (χ1) is 9.11. The largest absolute Gasteiger partial charge is 0.329 e. The number of halogens is 1. The molecule has 1 unspecified atom stereocenters. The van der Waals surface area contributed by atoms with E-state index < -0.39 is 0 Å². The fourth-order valence-electron chi connectivity index (χ4n) is 2.75. The molecule has 0 bridgehead atoms. The summed E-state index contributed by atoms with van der Waals surface area (Å²) in [5.74, 6) is 0. The van der Waals surface area contributed by atoms with Crippen LogP contribution >= 0.6 is 15.9 Å². The molecule has 3 nitrogen and oxygen atoms in total. The highest BCUT2D eigenvalue weighted by molar-refractivity contribution is 9.10. The van der Waals surface area contributed by atoms with Crippen molar-refractivity contribution < 1.29 is 0 Å². The maximum Gasteiger partial charge on any atom is 0.0471 e. The van der Waals surface area contributed by atoms with Crippen molar-refractivity contribution in [2.75, 3.05) is 39.8 Å². The third kappa shape index (κ3) is 3.78. The lowest BCUT2D eigenvalue weighted by molar-refractivity contribution is 0.208. The Labute approximate surface area is 124 Å². The summed E-state index contributed by atoms with van der Waals surface area (Å²) in [5, 5.41) is 0. The summed E-state index contributed by atoms with van der Waals surface area (Å²) in [4.78, 5) is 4.94. The first-order valence-electron chi connectivity index (χ1n) is 7.00. The Morgan fingerprint density at radius 1 is 1.26 bits per heavy atom. The number of nitrogens with zero attached hydrogens (tertiary/aromatic N) is 2. The Morgan fingerprint density at radius 3 is 2.74 bits per heavy atom. The average molecular weight is 326 g/mol. The zero-order valence-electron chi connectivity index (χ0n) is 11.9. The predicted molar refractivity (Wildman–Crippen MR) is 84.4 cm³/mol. The van der Waals surface area contributed by atoms with E-state index in [0.29, 0.717) is 12.6 Å². The topological polar surface area (TPSA) is 32.5 Å². The third-order valence-corrected chi connectivity index (χ3v) is 4.87. The van der Waals surface area contributed by atoms with Crippen LogP contribution in [0.5, 0.6) is 0 Å². The smallest absolute Gasteiger partial charge is 0.0471 e. The van der Waals surface area contributed by atoms with Crippen molar-refractivity contribution in [3.8, 4) is 0 Å². The number of likely N-dealkylation sites (N-methyl/N-ethyl adjacent to an activating group) is 1. The van der Waals surface area contributed by atoms with Crippen LogP contribution in [0.2, 0.25) is 0 Å². The van der Waals surface area contributed by atoms with E-state index in [1.807, 2.05) is 0 Å². The van der Waals surface area contributed by atoms with Gasteiger partial charge in [-0.1, -0.05) is 28.1 Å². The Kier molecular flexibility index (Phi) is 5.39. The van der Waals surface area contributed by atoms with Gasteiger partial charge in [0.2, 0.25) is 0 Å². The standard InChI is InChI=1S/C15H24BrN3/c1-12-10-13(4-5-14(12)16)15(11-17)19-7-3-6-18(2)8-9-19/h4-5,10,15H,3,6-9,11,17H2,1-2H3. The van der Waals surface area contributed by atoms with Crippen molar-refractivity contribution in [1.29, 1.82) is 0 Å². The monoisotopic (exact) mass is 325 g/mol. The molecule has 1 atom stereocenters. The molecular weight excluding hydrogens is 302 g/mol. The minimum atomic E-state index is 0.346. The van der Waals surface area contributed by atoms with Crippen LogP contribution in [0.4, 0.5) is 0 Å². The molecule has 2 rings (SSSR count). The van der Waals surface area contributed by atoms with Gasteiger partial charge in [-0.3, -0.25) is 4.90 Å². The molecule has 0 aromatic heterocycles. The summed E-state index contributed by atoms with van der Waals surface area (Å²) >= 11 is 3.57. The van der Waals surface area contributed by atoms with Gasteiger partial charge in [0.05, 0.1) is 0 Å². The maximum atomic E-state index is 6.04. The van der Waals surface area contributed by atoms with Crippen molar-refractivity contribution >= 4 is 15.9 Å². The van der Waals surface area contributed by atoms with Crippen LogP contribution < -0.4 is 5.73 Å². The van der Waals surface area contributed by atoms with Crippen molar-refractivity contribution in [3.05, 3.63) is 33.8 Å². The lowest BCUT2D eigenvalue weighted by Gasteiger charge is -2.30. The normalized spacial score (nSPS) is 20.2. The summed E-state index contributed by atoms with van der Waals surface area (Å²) in [6.07, 6.45) is 1.22. The highest BCUT2D eigenvalue weighted by atomic mass is 79.9. The van der Waals surface area contributed by atoms with E-state index in [9.17, 15) is 0 Å². The SMILES string of the molecule is Cc1cc(C(CN)N2CCCN(C)CC2)ccc1Br. The van der Waals surface area contributed by atoms with E-state index in [0.717, 1.165) is 19.6 Å². The van der Waals surface area contributed by atoms with Crippen molar-refractivity contribution in [1.82, 2.24) is 9.80 Å². The van der Waals surface area contributed by atoms with E-state index in [-0.39, 0.29) is 0 Å². The molecule has 4 heteroatoms. The van der Waals surface area contributed by atoms with Crippen LogP contribution in [0, 0.1) is 6.92 Å². The van der Waals surface area contributed by atoms with Gasteiger partial charge < -0.3 is 10.6 Å². The molecular formula is C15H24BrN3. The Balaban J connectivity index is 2.16. The van der Waals surface area contributed by atoms with Gasteiger partial charge in [0.25, 0.3) is 0 Å². The molecule has 1 aromatic rings. The molecule has 1 saturated heterocycles. The lowest BCUT2D eigenvalue weighted by atomic mass is 10.0. The summed E-state index contributed by atoms with van der Waals surface area (Å²) in [6, 6.07) is 6.94. The first-order valence-corrected chi connectivity index (χ1v) is 7.80. The van der Waals surface area contributed by atoms with E-state index in [1.165, 1.54) is 28.6 Å². The highest BCUT2D eigenvalue weighted by Crippen LogP contribution is 2.25. The van der Waals surface area contributed by atoms with Crippen LogP contribution in [0.25, 0.3) is 0 Å². The van der Waals surface area contributed by atoms with E-state index >= 15 is 0 Å². The third-order valence-electron chi connectivity index (χ3n) is 3.98. The van der Waals surface area contributed by atoms with Gasteiger partial charge >= 0.3 is 0 Å². The van der Waals surface area contributed by atoms with E-state index in [4.69, 9.17) is 5.73 Å². The molecule has 1 aliphatic rings. The molecule has 1 aliphatic heterocycles. The number of hydrogen-bond donors (Lipinski definition) is 1. The summed E-state index contributed by atoms with van der Waals surface area (Å²) < 4.78 is 1.17. The highest BCUT2D eigenvalue weighted by Gasteiger charge is 2.21. The van der Waals surface area contributed by atoms with Gasteiger partial charge in [0, 0.05) is 36.7 Å². The fraction of sp³-hybridized carbons (Fsp3) is 0.600. The first kappa shape index (κ1) is 15.0. The molecule has 0 saturated carbocycles. The van der Waals surface area contributed by atoms with Crippen LogP contribution in [0.15, 0.2) is 22.7 Å². The number of rotatable bonds is 3. The van der Waals surface area contributed by atoms with Crippen LogP contribution in [-0.4, -0.2) is 49.6 Å². The van der Waals surface area contributed by atoms with Crippen molar-refractivity contribution in [2.45, 2.75) is 19.4 Å². The summed E-state index contributed by atoms with van der Waals surface area (Å²) in [5.41, 5.74) is 8.66. The summed E-state index contributed by atoms with van der Waals surface area (Å²) in [7, 11) is 2.20. The van der Waals surface area contributed by atoms with E-state index in [2.05, 4.69) is 57.9 Å². The minimum absolute atomic E-state index is 0.346. The lowest BCUT2D eigenvalue weighted by Crippen LogP contribution is -2.36. The zero-order valence-corrected chi connectivity index (χ0v) is 13.5. The zero-order chi connectivity index (χ0) is 13.8. The van der Waals surface area contributed by atoms with Crippen molar-refractivity contribution in [2.24, 2.45) is 5.73 Å². The minimum Gasteiger partial charge on any atom is -0.329 e. The Morgan fingerprint density at radius 2 is 2.05 bits per heavy atom. The summed E-state index contributed by atoms with van der Waals surface area (Å²) in [6.45, 7) is 7.39. The molecule has 0 spiro atoms. The number of benzene rings is 1. The fourth-order valence-corrected chi connectivity index (χ4v) is 3.00. The van der Waals surface area contributed by atoms with Crippen LogP contribution in [0.1, 0.15) is 23.6 Å². The second kappa shape index (κ2) is 6.84. The van der Waals surface area contributed by atoms with Crippen LogP contribution in [-0.2, 0) is 0 Å². The predicted octanol–water partition coefficient (Wildman–Crippen LogP) is 2.39. The molecule has 0 amide bonds. The molecule has 1 fully saturated rings. The second-order valence-electron chi connectivity index (χ2n) is 5.45. The van der Waals surface area contributed by atoms with Gasteiger partial charge in [-0.05, 0) is 44.1 Å². The van der Waals surface area contributed by atoms with E-state index in [1.54, 1.807) is 0 Å². The number of hydrogen-bond acceptors (Lipinski definition) is 3. The van der Waals surface area contributed by atoms with Gasteiger partial charge in [-0.15, -0.1) is 0 Å². The Hall–Kier alpha value is -0.420. The molecule has 0 aliphatic carbocycles. The van der Waals surface area contributed by atoms with Crippen LogP contribution in [0.3, 0.4) is 0 Å².